The average Bonchev–Trinajstić information content (AvgIpc) is 2.43. The number of hydrogen-bond acceptors (Lipinski definition) is 1. The molecule has 0 spiro atoms. The van der Waals surface area contributed by atoms with Crippen LogP contribution in [0.4, 0.5) is 0 Å². The second-order valence-electron chi connectivity index (χ2n) is 3.65. The second kappa shape index (κ2) is 2.59. The Bertz CT molecular complexity index is 466. The first-order valence-electron chi connectivity index (χ1n) is 4.50. The summed E-state index contributed by atoms with van der Waals surface area (Å²) in [4.78, 5) is 0. The number of aryl methyl sites for hydroxylation is 3. The molecule has 0 atom stereocenters. The highest BCUT2D eigenvalue weighted by molar-refractivity contribution is 5.83. The predicted molar refractivity (Wildman–Crippen MR) is 54.9 cm³/mol. The number of fused-ring (bicyclic) bond motifs is 1. The largest absolute Gasteiger partial charge is 0.268 e. The third-order valence-electron chi connectivity index (χ3n) is 2.85. The van der Waals surface area contributed by atoms with Crippen LogP contribution in [0.1, 0.15) is 16.7 Å². The van der Waals surface area contributed by atoms with E-state index < -0.39 is 0 Å². The molecule has 0 aliphatic carbocycles. The van der Waals surface area contributed by atoms with E-state index in [1.807, 2.05) is 17.9 Å². The van der Waals surface area contributed by atoms with Gasteiger partial charge in [0, 0.05) is 12.4 Å². The van der Waals surface area contributed by atoms with E-state index in [1.54, 1.807) is 0 Å². The maximum Gasteiger partial charge on any atom is 0.0711 e. The van der Waals surface area contributed by atoms with Crippen LogP contribution in [0, 0.1) is 20.8 Å². The molecule has 0 aliphatic heterocycles. The molecule has 1 aromatic carbocycles. The summed E-state index contributed by atoms with van der Waals surface area (Å²) in [6, 6.07) is 2.20. The van der Waals surface area contributed by atoms with Crippen molar-refractivity contribution in [3.8, 4) is 0 Å². The fourth-order valence-corrected chi connectivity index (χ4v) is 1.83. The van der Waals surface area contributed by atoms with Gasteiger partial charge in [-0.05, 0) is 43.5 Å². The SMILES string of the molecule is Cc1cc2cnn(C)c2c(C)c1C. The summed E-state index contributed by atoms with van der Waals surface area (Å²) in [5, 5.41) is 5.49. The Kier molecular flexibility index (Phi) is 1.65. The van der Waals surface area contributed by atoms with Crippen molar-refractivity contribution in [3.63, 3.8) is 0 Å². The first-order chi connectivity index (χ1) is 6.11. The van der Waals surface area contributed by atoms with E-state index in [0.29, 0.717) is 0 Å². The molecule has 2 aromatic rings. The predicted octanol–water partition coefficient (Wildman–Crippen LogP) is 2.50. The molecule has 68 valence electrons. The normalized spacial score (nSPS) is 11.1. The van der Waals surface area contributed by atoms with Gasteiger partial charge in [0.15, 0.2) is 0 Å². The number of rotatable bonds is 0. The molecule has 0 saturated carbocycles. The van der Waals surface area contributed by atoms with E-state index in [-0.39, 0.29) is 0 Å². The van der Waals surface area contributed by atoms with Crippen LogP contribution in [0.5, 0.6) is 0 Å². The lowest BCUT2D eigenvalue weighted by Gasteiger charge is -2.06. The van der Waals surface area contributed by atoms with Gasteiger partial charge in [0.25, 0.3) is 0 Å². The molecular formula is C11H14N2. The summed E-state index contributed by atoms with van der Waals surface area (Å²) in [7, 11) is 1.99. The van der Waals surface area contributed by atoms with Crippen molar-refractivity contribution >= 4 is 10.9 Å². The average molecular weight is 174 g/mol. The topological polar surface area (TPSA) is 17.8 Å². The first-order valence-corrected chi connectivity index (χ1v) is 4.50. The van der Waals surface area contributed by atoms with Gasteiger partial charge in [0.05, 0.1) is 11.7 Å². The van der Waals surface area contributed by atoms with Gasteiger partial charge in [0.1, 0.15) is 0 Å². The summed E-state index contributed by atoms with van der Waals surface area (Å²) < 4.78 is 1.94. The van der Waals surface area contributed by atoms with Gasteiger partial charge in [-0.25, -0.2) is 0 Å². The van der Waals surface area contributed by atoms with E-state index in [0.717, 1.165) is 0 Å². The number of aromatic nitrogens is 2. The molecule has 0 fully saturated rings. The molecule has 0 bridgehead atoms. The fourth-order valence-electron chi connectivity index (χ4n) is 1.83. The summed E-state index contributed by atoms with van der Waals surface area (Å²) in [6.45, 7) is 6.47. The highest BCUT2D eigenvalue weighted by atomic mass is 15.2. The lowest BCUT2D eigenvalue weighted by Crippen LogP contribution is -1.94. The minimum absolute atomic E-state index is 1.24. The maximum atomic E-state index is 4.26. The highest BCUT2D eigenvalue weighted by Gasteiger charge is 2.06. The zero-order valence-electron chi connectivity index (χ0n) is 8.55. The van der Waals surface area contributed by atoms with Crippen LogP contribution in [0.2, 0.25) is 0 Å². The number of benzene rings is 1. The number of nitrogens with zero attached hydrogens (tertiary/aromatic N) is 2. The molecule has 2 rings (SSSR count). The Morgan fingerprint density at radius 2 is 1.85 bits per heavy atom. The van der Waals surface area contributed by atoms with Crippen molar-refractivity contribution in [2.75, 3.05) is 0 Å². The minimum atomic E-state index is 1.24. The zero-order chi connectivity index (χ0) is 9.59. The Hall–Kier alpha value is -1.31. The smallest absolute Gasteiger partial charge is 0.0711 e. The molecule has 0 saturated heterocycles. The summed E-state index contributed by atoms with van der Waals surface area (Å²) in [5.74, 6) is 0. The van der Waals surface area contributed by atoms with Crippen LogP contribution in [-0.2, 0) is 7.05 Å². The fraction of sp³-hybridized carbons (Fsp3) is 0.364. The van der Waals surface area contributed by atoms with Crippen LogP contribution >= 0.6 is 0 Å². The van der Waals surface area contributed by atoms with Crippen molar-refractivity contribution in [2.45, 2.75) is 20.8 Å². The highest BCUT2D eigenvalue weighted by Crippen LogP contribution is 2.23. The molecule has 0 amide bonds. The van der Waals surface area contributed by atoms with E-state index in [1.165, 1.54) is 27.6 Å². The van der Waals surface area contributed by atoms with Gasteiger partial charge >= 0.3 is 0 Å². The molecule has 13 heavy (non-hydrogen) atoms. The Labute approximate surface area is 78.2 Å². The second-order valence-corrected chi connectivity index (χ2v) is 3.65. The Morgan fingerprint density at radius 1 is 1.15 bits per heavy atom. The van der Waals surface area contributed by atoms with Crippen molar-refractivity contribution in [1.29, 1.82) is 0 Å². The van der Waals surface area contributed by atoms with E-state index >= 15 is 0 Å². The third kappa shape index (κ3) is 1.05. The molecule has 2 nitrogen and oxygen atoms in total. The van der Waals surface area contributed by atoms with Gasteiger partial charge in [-0.1, -0.05) is 0 Å². The molecule has 0 aliphatic rings. The third-order valence-corrected chi connectivity index (χ3v) is 2.85. The monoisotopic (exact) mass is 174 g/mol. The van der Waals surface area contributed by atoms with Gasteiger partial charge < -0.3 is 0 Å². The van der Waals surface area contributed by atoms with Crippen LogP contribution in [0.15, 0.2) is 12.3 Å². The van der Waals surface area contributed by atoms with Gasteiger partial charge in [0.2, 0.25) is 0 Å². The van der Waals surface area contributed by atoms with Gasteiger partial charge in [-0.15, -0.1) is 0 Å². The van der Waals surface area contributed by atoms with Crippen LogP contribution in [0.25, 0.3) is 10.9 Å². The molecular weight excluding hydrogens is 160 g/mol. The Morgan fingerprint density at radius 3 is 2.54 bits per heavy atom. The van der Waals surface area contributed by atoms with E-state index in [2.05, 4.69) is 31.9 Å². The Balaban J connectivity index is 2.97. The molecule has 1 aromatic heterocycles. The molecule has 0 N–H and O–H groups in total. The van der Waals surface area contributed by atoms with Crippen molar-refractivity contribution in [2.24, 2.45) is 7.05 Å². The molecule has 2 heteroatoms. The standard InChI is InChI=1S/C11H14N2/c1-7-5-10-6-12-13(4)11(10)9(3)8(7)2/h5-6H,1-4H3. The van der Waals surface area contributed by atoms with Crippen LogP contribution in [-0.4, -0.2) is 9.78 Å². The number of hydrogen-bond donors (Lipinski definition) is 0. The lowest BCUT2D eigenvalue weighted by molar-refractivity contribution is 0.794. The van der Waals surface area contributed by atoms with E-state index in [9.17, 15) is 0 Å². The van der Waals surface area contributed by atoms with Gasteiger partial charge in [-0.2, -0.15) is 5.10 Å². The van der Waals surface area contributed by atoms with Crippen molar-refractivity contribution in [3.05, 3.63) is 29.0 Å². The lowest BCUT2D eigenvalue weighted by atomic mass is 10.0. The summed E-state index contributed by atoms with van der Waals surface area (Å²) in [5.41, 5.74) is 5.31. The zero-order valence-corrected chi connectivity index (χ0v) is 8.55. The quantitative estimate of drug-likeness (QED) is 0.600. The molecule has 0 radical (unpaired) electrons. The minimum Gasteiger partial charge on any atom is -0.268 e. The van der Waals surface area contributed by atoms with Crippen LogP contribution in [0.3, 0.4) is 0 Å². The van der Waals surface area contributed by atoms with Crippen LogP contribution < -0.4 is 0 Å². The van der Waals surface area contributed by atoms with Crippen molar-refractivity contribution < 1.29 is 0 Å². The summed E-state index contributed by atoms with van der Waals surface area (Å²) in [6.07, 6.45) is 1.93. The summed E-state index contributed by atoms with van der Waals surface area (Å²) >= 11 is 0. The first kappa shape index (κ1) is 8.30. The molecule has 0 unspecified atom stereocenters. The molecule has 1 heterocycles. The maximum absolute atomic E-state index is 4.26. The van der Waals surface area contributed by atoms with Gasteiger partial charge in [-0.3, -0.25) is 4.68 Å². The van der Waals surface area contributed by atoms with E-state index in [4.69, 9.17) is 0 Å². The van der Waals surface area contributed by atoms with Crippen molar-refractivity contribution in [1.82, 2.24) is 9.78 Å².